The molecule has 4 aromatic rings. The Morgan fingerprint density at radius 3 is 2.41 bits per heavy atom. The lowest BCUT2D eigenvalue weighted by Gasteiger charge is -2.10. The van der Waals surface area contributed by atoms with E-state index in [0.717, 1.165) is 16.3 Å². The Morgan fingerprint density at radius 1 is 1.05 bits per heavy atom. The molecule has 10 nitrogen and oxygen atoms in total. The van der Waals surface area contributed by atoms with Crippen molar-refractivity contribution in [3.8, 4) is 17.3 Å². The summed E-state index contributed by atoms with van der Waals surface area (Å²) < 4.78 is 34.2. The highest BCUT2D eigenvalue weighted by molar-refractivity contribution is 7.92. The Balaban J connectivity index is 1.59. The molecule has 0 amide bonds. The largest absolute Gasteiger partial charge is 0.494 e. The van der Waals surface area contributed by atoms with E-state index in [1.165, 1.54) is 24.3 Å². The fourth-order valence-electron chi connectivity index (χ4n) is 3.53. The number of aryl methyl sites for hydroxylation is 1. The molecule has 0 bridgehead atoms. The Morgan fingerprint density at radius 2 is 1.76 bits per heavy atom. The summed E-state index contributed by atoms with van der Waals surface area (Å²) in [5.74, 6) is -0.00671. The van der Waals surface area contributed by atoms with Gasteiger partial charge in [-0.2, -0.15) is 0 Å². The maximum absolute atomic E-state index is 12.7. The number of ether oxygens (including phenoxy) is 1. The molecule has 3 aromatic carbocycles. The normalized spacial score (nSPS) is 11.5. The van der Waals surface area contributed by atoms with Crippen LogP contribution in [0.2, 0.25) is 0 Å². The fraction of sp³-hybridized carbons (Fsp3) is 0.115. The number of aromatic hydroxyl groups is 1. The zero-order valence-corrected chi connectivity index (χ0v) is 20.8. The number of anilines is 1. The van der Waals surface area contributed by atoms with Gasteiger partial charge in [-0.1, -0.05) is 12.1 Å². The van der Waals surface area contributed by atoms with Crippen LogP contribution in [-0.4, -0.2) is 35.9 Å². The summed E-state index contributed by atoms with van der Waals surface area (Å²) in [6, 6.07) is 19.0. The third-order valence-corrected chi connectivity index (χ3v) is 6.68. The van der Waals surface area contributed by atoms with Gasteiger partial charge < -0.3 is 9.84 Å². The number of nitrogens with one attached hydrogen (secondary N) is 2. The lowest BCUT2D eigenvalue weighted by atomic mass is 10.2. The van der Waals surface area contributed by atoms with Crippen LogP contribution in [0.4, 0.5) is 11.4 Å². The van der Waals surface area contributed by atoms with Crippen molar-refractivity contribution >= 4 is 27.6 Å². The molecule has 0 radical (unpaired) electrons. The molecule has 0 aliphatic heterocycles. The molecule has 0 spiro atoms. The van der Waals surface area contributed by atoms with Crippen LogP contribution in [0.5, 0.6) is 11.6 Å². The number of H-pyrrole nitrogens is 1. The average molecular weight is 521 g/mol. The number of aliphatic imine (C=N–C) groups is 1. The molecule has 37 heavy (non-hydrogen) atoms. The Kier molecular flexibility index (Phi) is 7.25. The SMILES string of the molecule is CCOc1ccc(-n2c(O)c(C=Nc3ccc(S(=O)(=O)Nc4cccc(C)c4)cc3)c(=O)[nH]c2=O)cc1. The molecular weight excluding hydrogens is 496 g/mol. The van der Waals surface area contributed by atoms with Gasteiger partial charge in [0.05, 0.1) is 22.9 Å². The van der Waals surface area contributed by atoms with Gasteiger partial charge in [0.2, 0.25) is 5.88 Å². The van der Waals surface area contributed by atoms with Crippen LogP contribution in [0.3, 0.4) is 0 Å². The molecule has 3 N–H and O–H groups in total. The van der Waals surface area contributed by atoms with Crippen LogP contribution in [0.1, 0.15) is 18.1 Å². The standard InChI is InChI=1S/C26H24N4O6S/c1-3-36-21-11-9-20(10-12-21)30-25(32)23(24(31)28-26(30)33)16-27-18-7-13-22(14-8-18)37(34,35)29-19-6-4-5-17(2)15-19/h4-16,29,32H,3H2,1-2H3,(H,28,31,33). The molecule has 0 unspecified atom stereocenters. The molecule has 1 heterocycles. The lowest BCUT2D eigenvalue weighted by molar-refractivity contribution is 0.340. The van der Waals surface area contributed by atoms with Gasteiger partial charge in [0.25, 0.3) is 15.6 Å². The molecule has 1 aromatic heterocycles. The summed E-state index contributed by atoms with van der Waals surface area (Å²) in [5.41, 5.74) is 0.108. The summed E-state index contributed by atoms with van der Waals surface area (Å²) in [6.07, 6.45) is 1.10. The van der Waals surface area contributed by atoms with Crippen molar-refractivity contribution < 1.29 is 18.3 Å². The third kappa shape index (κ3) is 5.78. The van der Waals surface area contributed by atoms with Crippen molar-refractivity contribution in [2.75, 3.05) is 11.3 Å². The van der Waals surface area contributed by atoms with E-state index in [9.17, 15) is 23.1 Å². The van der Waals surface area contributed by atoms with Gasteiger partial charge in [0, 0.05) is 11.9 Å². The maximum Gasteiger partial charge on any atom is 0.335 e. The van der Waals surface area contributed by atoms with Gasteiger partial charge in [0.1, 0.15) is 11.3 Å². The second-order valence-electron chi connectivity index (χ2n) is 7.99. The van der Waals surface area contributed by atoms with Crippen LogP contribution < -0.4 is 20.7 Å². The first-order chi connectivity index (χ1) is 17.7. The lowest BCUT2D eigenvalue weighted by Crippen LogP contribution is -2.31. The predicted molar refractivity (Wildman–Crippen MR) is 141 cm³/mol. The van der Waals surface area contributed by atoms with Crippen molar-refractivity contribution in [2.24, 2.45) is 4.99 Å². The monoisotopic (exact) mass is 520 g/mol. The van der Waals surface area contributed by atoms with Crippen molar-refractivity contribution in [2.45, 2.75) is 18.7 Å². The number of sulfonamides is 1. The summed E-state index contributed by atoms with van der Waals surface area (Å²) >= 11 is 0. The molecule has 0 saturated carbocycles. The topological polar surface area (TPSA) is 143 Å². The Hall–Kier alpha value is -4.64. The Bertz CT molecular complexity index is 1670. The van der Waals surface area contributed by atoms with Gasteiger partial charge >= 0.3 is 5.69 Å². The molecule has 0 fully saturated rings. The minimum Gasteiger partial charge on any atom is -0.494 e. The number of nitrogens with zero attached hydrogens (tertiary/aromatic N) is 2. The van der Waals surface area contributed by atoms with E-state index in [4.69, 9.17) is 4.74 Å². The summed E-state index contributed by atoms with van der Waals surface area (Å²) in [6.45, 7) is 4.17. The number of hydrogen-bond donors (Lipinski definition) is 3. The quantitative estimate of drug-likeness (QED) is 0.304. The van der Waals surface area contributed by atoms with Crippen LogP contribution >= 0.6 is 0 Å². The molecule has 11 heteroatoms. The van der Waals surface area contributed by atoms with Gasteiger partial charge in [-0.15, -0.1) is 0 Å². The third-order valence-electron chi connectivity index (χ3n) is 5.29. The second kappa shape index (κ2) is 10.5. The number of benzene rings is 3. The van der Waals surface area contributed by atoms with Crippen LogP contribution in [0.15, 0.2) is 92.3 Å². The molecule has 0 aliphatic rings. The zero-order chi connectivity index (χ0) is 26.6. The minimum absolute atomic E-state index is 0.0256. The van der Waals surface area contributed by atoms with E-state index in [-0.39, 0.29) is 10.5 Å². The molecule has 0 aliphatic carbocycles. The highest BCUT2D eigenvalue weighted by Gasteiger charge is 2.16. The number of hydrogen-bond acceptors (Lipinski definition) is 7. The van der Waals surface area contributed by atoms with Crippen molar-refractivity contribution in [3.63, 3.8) is 0 Å². The second-order valence-corrected chi connectivity index (χ2v) is 9.67. The highest BCUT2D eigenvalue weighted by atomic mass is 32.2. The van der Waals surface area contributed by atoms with Gasteiger partial charge in [-0.25, -0.2) is 17.8 Å². The van der Waals surface area contributed by atoms with Crippen LogP contribution in [0.25, 0.3) is 5.69 Å². The van der Waals surface area contributed by atoms with E-state index >= 15 is 0 Å². The van der Waals surface area contributed by atoms with Gasteiger partial charge in [0.15, 0.2) is 0 Å². The first kappa shape index (κ1) is 25.5. The van der Waals surface area contributed by atoms with Crippen molar-refractivity contribution in [1.82, 2.24) is 9.55 Å². The molecule has 190 valence electrons. The molecule has 4 rings (SSSR count). The van der Waals surface area contributed by atoms with Crippen LogP contribution in [0, 0.1) is 6.92 Å². The van der Waals surface area contributed by atoms with E-state index in [0.29, 0.717) is 29.4 Å². The van der Waals surface area contributed by atoms with Crippen molar-refractivity contribution in [1.29, 1.82) is 0 Å². The number of aromatic nitrogens is 2. The molecule has 0 atom stereocenters. The van der Waals surface area contributed by atoms with E-state index < -0.39 is 27.2 Å². The van der Waals surface area contributed by atoms with Gasteiger partial charge in [-0.3, -0.25) is 19.5 Å². The first-order valence-corrected chi connectivity index (χ1v) is 12.7. The van der Waals surface area contributed by atoms with E-state index in [2.05, 4.69) is 14.7 Å². The molecule has 0 saturated heterocycles. The predicted octanol–water partition coefficient (Wildman–Crippen LogP) is 3.49. The zero-order valence-electron chi connectivity index (χ0n) is 20.0. The minimum atomic E-state index is -3.82. The van der Waals surface area contributed by atoms with E-state index in [1.807, 2.05) is 19.9 Å². The number of rotatable bonds is 8. The summed E-state index contributed by atoms with van der Waals surface area (Å²) in [5, 5.41) is 10.7. The number of aromatic amines is 1. The van der Waals surface area contributed by atoms with E-state index in [1.54, 1.807) is 42.5 Å². The summed E-state index contributed by atoms with van der Waals surface area (Å²) in [4.78, 5) is 31.1. The smallest absolute Gasteiger partial charge is 0.335 e. The fourth-order valence-corrected chi connectivity index (χ4v) is 4.58. The molecular formula is C26H24N4O6S. The maximum atomic E-state index is 12.7. The van der Waals surface area contributed by atoms with Crippen molar-refractivity contribution in [3.05, 3.63) is 105 Å². The van der Waals surface area contributed by atoms with Crippen LogP contribution in [-0.2, 0) is 10.0 Å². The average Bonchev–Trinajstić information content (AvgIpc) is 2.85. The first-order valence-electron chi connectivity index (χ1n) is 11.2. The highest BCUT2D eigenvalue weighted by Crippen LogP contribution is 2.22. The summed E-state index contributed by atoms with van der Waals surface area (Å²) in [7, 11) is -3.82. The Labute approximate surface area is 212 Å². The van der Waals surface area contributed by atoms with Gasteiger partial charge in [-0.05, 0) is 80.1 Å².